The van der Waals surface area contributed by atoms with Crippen LogP contribution in [0.2, 0.25) is 0 Å². The Hall–Kier alpha value is -2.14. The van der Waals surface area contributed by atoms with Crippen LogP contribution in [0.3, 0.4) is 0 Å². The van der Waals surface area contributed by atoms with E-state index in [1.165, 1.54) is 11.3 Å². The summed E-state index contributed by atoms with van der Waals surface area (Å²) in [5.74, 6) is -0.258. The molecule has 108 valence electrons. The molecule has 1 unspecified atom stereocenters. The maximum Gasteiger partial charge on any atom is 0.253 e. The van der Waals surface area contributed by atoms with Crippen molar-refractivity contribution in [1.29, 1.82) is 0 Å². The van der Waals surface area contributed by atoms with Gasteiger partial charge in [0.15, 0.2) is 0 Å². The summed E-state index contributed by atoms with van der Waals surface area (Å²) >= 11 is 1.51. The van der Waals surface area contributed by atoms with Gasteiger partial charge in [-0.05, 0) is 30.9 Å². The predicted molar refractivity (Wildman–Crippen MR) is 83.2 cm³/mol. The Morgan fingerprint density at radius 1 is 1.14 bits per heavy atom. The second kappa shape index (κ2) is 5.00. The topological polar surface area (TPSA) is 49.4 Å². The lowest BCUT2D eigenvalue weighted by Crippen LogP contribution is -2.65. The van der Waals surface area contributed by atoms with Crippen LogP contribution in [0.25, 0.3) is 0 Å². The lowest BCUT2D eigenvalue weighted by atomic mass is 9.93. The zero-order chi connectivity index (χ0) is 15.0. The van der Waals surface area contributed by atoms with Gasteiger partial charge in [-0.25, -0.2) is 0 Å². The molecular weight excluding hydrogens is 284 g/mol. The fourth-order valence-corrected chi connectivity index (χ4v) is 3.19. The molecule has 1 saturated heterocycles. The van der Waals surface area contributed by atoms with Crippen molar-refractivity contribution in [3.63, 3.8) is 0 Å². The second-order valence-corrected chi connectivity index (χ2v) is 6.36. The number of hydrogen-bond acceptors (Lipinski definition) is 3. The Morgan fingerprint density at radius 2 is 1.86 bits per heavy atom. The van der Waals surface area contributed by atoms with Crippen LogP contribution in [-0.4, -0.2) is 17.4 Å². The van der Waals surface area contributed by atoms with Crippen LogP contribution >= 0.6 is 11.3 Å². The first-order valence-electron chi connectivity index (χ1n) is 6.73. The number of thiophene rings is 1. The standard InChI is InChI=1S/C16H16N2O2S/c1-16(2)15(20)18(12-8-9-21-10-12)13(14(19)17-16)11-6-4-3-5-7-11/h3-10,13H,1-2H3,(H,17,19). The van der Waals surface area contributed by atoms with E-state index in [0.29, 0.717) is 0 Å². The molecule has 1 N–H and O–H groups in total. The highest BCUT2D eigenvalue weighted by molar-refractivity contribution is 7.08. The molecule has 0 spiro atoms. The van der Waals surface area contributed by atoms with E-state index in [-0.39, 0.29) is 11.8 Å². The summed E-state index contributed by atoms with van der Waals surface area (Å²) in [6.07, 6.45) is 0. The van der Waals surface area contributed by atoms with Crippen LogP contribution in [-0.2, 0) is 9.59 Å². The minimum Gasteiger partial charge on any atom is -0.340 e. The number of rotatable bonds is 2. The highest BCUT2D eigenvalue weighted by Crippen LogP contribution is 2.34. The molecule has 0 saturated carbocycles. The van der Waals surface area contributed by atoms with Gasteiger partial charge in [-0.2, -0.15) is 11.3 Å². The van der Waals surface area contributed by atoms with Crippen molar-refractivity contribution in [2.24, 2.45) is 0 Å². The second-order valence-electron chi connectivity index (χ2n) is 5.58. The molecule has 3 rings (SSSR count). The fourth-order valence-electron chi connectivity index (χ4n) is 2.56. The van der Waals surface area contributed by atoms with Crippen molar-refractivity contribution in [2.75, 3.05) is 4.90 Å². The molecular formula is C16H16N2O2S. The molecule has 0 radical (unpaired) electrons. The molecule has 4 nitrogen and oxygen atoms in total. The number of carbonyl (C=O) groups excluding carboxylic acids is 2. The first-order valence-corrected chi connectivity index (χ1v) is 7.68. The lowest BCUT2D eigenvalue weighted by molar-refractivity contribution is -0.137. The average molecular weight is 300 g/mol. The fraction of sp³-hybridized carbons (Fsp3) is 0.250. The van der Waals surface area contributed by atoms with Crippen molar-refractivity contribution in [1.82, 2.24) is 5.32 Å². The highest BCUT2D eigenvalue weighted by Gasteiger charge is 2.46. The minimum atomic E-state index is -0.899. The molecule has 21 heavy (non-hydrogen) atoms. The van der Waals surface area contributed by atoms with E-state index in [1.807, 2.05) is 47.2 Å². The number of benzene rings is 1. The third-order valence-electron chi connectivity index (χ3n) is 3.60. The van der Waals surface area contributed by atoms with Gasteiger partial charge < -0.3 is 5.32 Å². The molecule has 1 atom stereocenters. The predicted octanol–water partition coefficient (Wildman–Crippen LogP) is 2.73. The van der Waals surface area contributed by atoms with E-state index < -0.39 is 11.6 Å². The van der Waals surface area contributed by atoms with E-state index in [4.69, 9.17) is 0 Å². The summed E-state index contributed by atoms with van der Waals surface area (Å²) in [7, 11) is 0. The number of piperazine rings is 1. The Balaban J connectivity index is 2.12. The van der Waals surface area contributed by atoms with E-state index >= 15 is 0 Å². The van der Waals surface area contributed by atoms with Crippen LogP contribution < -0.4 is 10.2 Å². The van der Waals surface area contributed by atoms with Crippen molar-refractivity contribution in [3.8, 4) is 0 Å². The van der Waals surface area contributed by atoms with Gasteiger partial charge in [-0.3, -0.25) is 14.5 Å². The smallest absolute Gasteiger partial charge is 0.253 e. The van der Waals surface area contributed by atoms with Crippen molar-refractivity contribution < 1.29 is 9.59 Å². The summed E-state index contributed by atoms with van der Waals surface area (Å²) in [6.45, 7) is 3.46. The van der Waals surface area contributed by atoms with Crippen LogP contribution in [0.5, 0.6) is 0 Å². The molecule has 0 aliphatic carbocycles. The SMILES string of the molecule is CC1(C)NC(=O)C(c2ccccc2)N(c2ccsc2)C1=O. The van der Waals surface area contributed by atoms with Gasteiger partial charge in [0.2, 0.25) is 5.91 Å². The Kier molecular flexibility index (Phi) is 3.29. The molecule has 1 aromatic heterocycles. The summed E-state index contributed by atoms with van der Waals surface area (Å²) in [5.41, 5.74) is 0.677. The molecule has 2 heterocycles. The summed E-state index contributed by atoms with van der Waals surface area (Å²) < 4.78 is 0. The molecule has 5 heteroatoms. The van der Waals surface area contributed by atoms with Gasteiger partial charge in [0, 0.05) is 5.38 Å². The monoisotopic (exact) mass is 300 g/mol. The van der Waals surface area contributed by atoms with Gasteiger partial charge in [0.25, 0.3) is 5.91 Å². The van der Waals surface area contributed by atoms with Gasteiger partial charge in [-0.1, -0.05) is 30.3 Å². The maximum absolute atomic E-state index is 12.8. The van der Waals surface area contributed by atoms with Crippen LogP contribution in [0, 0.1) is 0 Å². The summed E-state index contributed by atoms with van der Waals surface area (Å²) in [6, 6.07) is 10.6. The van der Waals surface area contributed by atoms with E-state index in [0.717, 1.165) is 11.3 Å². The lowest BCUT2D eigenvalue weighted by Gasteiger charge is -2.42. The maximum atomic E-state index is 12.8. The van der Waals surface area contributed by atoms with E-state index in [2.05, 4.69) is 5.32 Å². The number of anilines is 1. The quantitative estimate of drug-likeness (QED) is 0.927. The largest absolute Gasteiger partial charge is 0.340 e. The molecule has 0 bridgehead atoms. The number of amides is 2. The van der Waals surface area contributed by atoms with E-state index in [9.17, 15) is 9.59 Å². The number of hydrogen-bond donors (Lipinski definition) is 1. The molecule has 1 fully saturated rings. The molecule has 1 aliphatic heterocycles. The van der Waals surface area contributed by atoms with Gasteiger partial charge >= 0.3 is 0 Å². The first-order chi connectivity index (χ1) is 10.0. The van der Waals surface area contributed by atoms with Crippen molar-refractivity contribution in [2.45, 2.75) is 25.4 Å². The third-order valence-corrected chi connectivity index (χ3v) is 4.27. The zero-order valence-electron chi connectivity index (χ0n) is 11.9. The Bertz CT molecular complexity index is 665. The molecule has 1 aromatic carbocycles. The normalized spacial score (nSPS) is 21.2. The first kappa shape index (κ1) is 13.8. The number of carbonyl (C=O) groups is 2. The summed E-state index contributed by atoms with van der Waals surface area (Å²) in [4.78, 5) is 27.0. The Morgan fingerprint density at radius 3 is 2.48 bits per heavy atom. The van der Waals surface area contributed by atoms with Crippen LogP contribution in [0.15, 0.2) is 47.2 Å². The third kappa shape index (κ3) is 2.34. The minimum absolute atomic E-state index is 0.102. The van der Waals surface area contributed by atoms with Crippen LogP contribution in [0.4, 0.5) is 5.69 Å². The Labute approximate surface area is 127 Å². The average Bonchev–Trinajstić information content (AvgIpc) is 2.96. The number of nitrogens with one attached hydrogen (secondary N) is 1. The van der Waals surface area contributed by atoms with Crippen molar-refractivity contribution >= 4 is 28.8 Å². The zero-order valence-corrected chi connectivity index (χ0v) is 12.7. The van der Waals surface area contributed by atoms with Gasteiger partial charge in [0.1, 0.15) is 11.6 Å². The summed E-state index contributed by atoms with van der Waals surface area (Å²) in [5, 5.41) is 6.62. The molecule has 2 amide bonds. The highest BCUT2D eigenvalue weighted by atomic mass is 32.1. The van der Waals surface area contributed by atoms with Crippen molar-refractivity contribution in [3.05, 3.63) is 52.7 Å². The van der Waals surface area contributed by atoms with Gasteiger partial charge in [0.05, 0.1) is 5.69 Å². The number of nitrogens with zero attached hydrogens (tertiary/aromatic N) is 1. The van der Waals surface area contributed by atoms with Gasteiger partial charge in [-0.15, -0.1) is 0 Å². The molecule has 2 aromatic rings. The van der Waals surface area contributed by atoms with E-state index in [1.54, 1.807) is 18.7 Å². The molecule has 1 aliphatic rings. The van der Waals surface area contributed by atoms with Crippen LogP contribution in [0.1, 0.15) is 25.5 Å².